The summed E-state index contributed by atoms with van der Waals surface area (Å²) < 4.78 is 16.4. The van der Waals surface area contributed by atoms with Crippen LogP contribution < -0.4 is 0 Å². The molecule has 0 saturated carbocycles. The van der Waals surface area contributed by atoms with Crippen molar-refractivity contribution in [2.24, 2.45) is 0 Å². The Morgan fingerprint density at radius 2 is 1.78 bits per heavy atom. The van der Waals surface area contributed by atoms with E-state index in [4.69, 9.17) is 13.3 Å². The highest BCUT2D eigenvalue weighted by molar-refractivity contribution is 6.60. The number of hydrogen-bond donors (Lipinski definition) is 0. The molecule has 1 atom stereocenters. The average Bonchev–Trinajstić information content (AvgIpc) is 2.44. The molecular weight excluding hydrogens is 246 g/mol. The van der Waals surface area contributed by atoms with E-state index in [2.05, 4.69) is 11.8 Å². The van der Waals surface area contributed by atoms with Crippen molar-refractivity contribution < 1.29 is 13.3 Å². The van der Waals surface area contributed by atoms with Gasteiger partial charge >= 0.3 is 8.80 Å². The van der Waals surface area contributed by atoms with Crippen molar-refractivity contribution >= 4 is 8.80 Å². The molecule has 0 aromatic rings. The van der Waals surface area contributed by atoms with Gasteiger partial charge in [-0.05, 0) is 38.8 Å². The lowest BCUT2D eigenvalue weighted by molar-refractivity contribution is 0.117. The molecule has 5 heteroatoms. The van der Waals surface area contributed by atoms with Crippen LogP contribution in [0.1, 0.15) is 39.0 Å². The highest BCUT2D eigenvalue weighted by Gasteiger charge is 2.37. The first-order chi connectivity index (χ1) is 8.71. The Kier molecular flexibility index (Phi) is 7.40. The molecule has 0 N–H and O–H groups in total. The van der Waals surface area contributed by atoms with Gasteiger partial charge in [0, 0.05) is 33.4 Å². The summed E-state index contributed by atoms with van der Waals surface area (Å²) >= 11 is 0. The van der Waals surface area contributed by atoms with E-state index >= 15 is 0 Å². The second-order valence-corrected chi connectivity index (χ2v) is 8.06. The Balaban J connectivity index is 2.35. The fourth-order valence-electron chi connectivity index (χ4n) is 2.91. The number of piperidine rings is 1. The molecule has 1 rings (SSSR count). The van der Waals surface area contributed by atoms with Crippen LogP contribution in [0, 0.1) is 0 Å². The summed E-state index contributed by atoms with van der Waals surface area (Å²) in [5.74, 6) is 0. The maximum Gasteiger partial charge on any atom is 0.500 e. The molecule has 1 fully saturated rings. The fourth-order valence-corrected chi connectivity index (χ4v) is 4.66. The third kappa shape index (κ3) is 4.31. The molecule has 0 aromatic carbocycles. The quantitative estimate of drug-likeness (QED) is 0.637. The Morgan fingerprint density at radius 1 is 1.11 bits per heavy atom. The summed E-state index contributed by atoms with van der Waals surface area (Å²) in [6.45, 7) is 4.70. The van der Waals surface area contributed by atoms with Gasteiger partial charge in [0.05, 0.1) is 0 Å². The first-order valence-electron chi connectivity index (χ1n) is 7.10. The third-order valence-electron chi connectivity index (χ3n) is 4.11. The zero-order chi connectivity index (χ0) is 13.4. The smallest absolute Gasteiger partial charge is 0.377 e. The van der Waals surface area contributed by atoms with Gasteiger partial charge in [0.15, 0.2) is 0 Å². The van der Waals surface area contributed by atoms with E-state index in [1.54, 1.807) is 21.3 Å². The van der Waals surface area contributed by atoms with E-state index in [-0.39, 0.29) is 0 Å². The average molecular weight is 275 g/mol. The van der Waals surface area contributed by atoms with E-state index in [1.807, 2.05) is 0 Å². The standard InChI is InChI=1S/C13H29NO3Si/c1-5-14-11-7-6-9-13(14)10-8-12-18(15-2,16-3)17-4/h13H,5-12H2,1-4H3. The number of nitrogens with zero attached hydrogens (tertiary/aromatic N) is 1. The van der Waals surface area contributed by atoms with Gasteiger partial charge < -0.3 is 18.2 Å². The largest absolute Gasteiger partial charge is 0.500 e. The predicted octanol–water partition coefficient (Wildman–Crippen LogP) is 2.52. The molecule has 0 spiro atoms. The zero-order valence-corrected chi connectivity index (χ0v) is 13.4. The van der Waals surface area contributed by atoms with Crippen molar-refractivity contribution in [1.29, 1.82) is 0 Å². The Morgan fingerprint density at radius 3 is 2.33 bits per heavy atom. The van der Waals surface area contributed by atoms with Crippen LogP contribution in [0.3, 0.4) is 0 Å². The maximum atomic E-state index is 5.46. The van der Waals surface area contributed by atoms with Crippen molar-refractivity contribution in [2.75, 3.05) is 34.4 Å². The molecule has 108 valence electrons. The van der Waals surface area contributed by atoms with Gasteiger partial charge in [-0.3, -0.25) is 0 Å². The highest BCUT2D eigenvalue weighted by atomic mass is 28.4. The SMILES string of the molecule is CCN1CCCCC1CCC[Si](OC)(OC)OC. The van der Waals surface area contributed by atoms with Crippen LogP contribution in [-0.4, -0.2) is 54.2 Å². The Bertz CT molecular complexity index is 216. The molecule has 0 radical (unpaired) electrons. The molecule has 0 aliphatic carbocycles. The minimum atomic E-state index is -2.35. The first-order valence-corrected chi connectivity index (χ1v) is 9.04. The maximum absolute atomic E-state index is 5.46. The van der Waals surface area contributed by atoms with Crippen LogP contribution in [0.4, 0.5) is 0 Å². The lowest BCUT2D eigenvalue weighted by Crippen LogP contribution is -2.43. The monoisotopic (exact) mass is 275 g/mol. The number of likely N-dealkylation sites (tertiary alicyclic amines) is 1. The van der Waals surface area contributed by atoms with Crippen molar-refractivity contribution in [3.63, 3.8) is 0 Å². The zero-order valence-electron chi connectivity index (χ0n) is 12.4. The lowest BCUT2D eigenvalue weighted by atomic mass is 9.98. The van der Waals surface area contributed by atoms with Gasteiger partial charge in [-0.1, -0.05) is 13.3 Å². The van der Waals surface area contributed by atoms with Crippen LogP contribution in [0.5, 0.6) is 0 Å². The number of hydrogen-bond acceptors (Lipinski definition) is 4. The summed E-state index contributed by atoms with van der Waals surface area (Å²) in [5, 5.41) is 0. The van der Waals surface area contributed by atoms with Gasteiger partial charge in [-0.15, -0.1) is 0 Å². The molecule has 4 nitrogen and oxygen atoms in total. The third-order valence-corrected chi connectivity index (χ3v) is 6.94. The predicted molar refractivity (Wildman–Crippen MR) is 75.7 cm³/mol. The van der Waals surface area contributed by atoms with E-state index < -0.39 is 8.80 Å². The summed E-state index contributed by atoms with van der Waals surface area (Å²) in [6, 6.07) is 1.67. The van der Waals surface area contributed by atoms with E-state index in [9.17, 15) is 0 Å². The summed E-state index contributed by atoms with van der Waals surface area (Å²) in [5.41, 5.74) is 0. The van der Waals surface area contributed by atoms with Crippen LogP contribution >= 0.6 is 0 Å². The molecular formula is C13H29NO3Si. The molecule has 1 saturated heterocycles. The van der Waals surface area contributed by atoms with Gasteiger partial charge in [-0.2, -0.15) is 0 Å². The topological polar surface area (TPSA) is 30.9 Å². The van der Waals surface area contributed by atoms with E-state index in [1.165, 1.54) is 38.8 Å². The highest BCUT2D eigenvalue weighted by Crippen LogP contribution is 2.24. The minimum absolute atomic E-state index is 0.751. The van der Waals surface area contributed by atoms with Gasteiger partial charge in [0.1, 0.15) is 0 Å². The molecule has 1 aliphatic rings. The van der Waals surface area contributed by atoms with Crippen molar-refractivity contribution in [3.05, 3.63) is 0 Å². The summed E-state index contributed by atoms with van der Waals surface area (Å²) in [7, 11) is 2.73. The fraction of sp³-hybridized carbons (Fsp3) is 1.00. The van der Waals surface area contributed by atoms with E-state index in [0.29, 0.717) is 0 Å². The normalized spacial score (nSPS) is 22.3. The van der Waals surface area contributed by atoms with E-state index in [0.717, 1.165) is 18.5 Å². The molecule has 1 unspecified atom stereocenters. The lowest BCUT2D eigenvalue weighted by Gasteiger charge is -2.35. The van der Waals surface area contributed by atoms with Gasteiger partial charge in [-0.25, -0.2) is 0 Å². The van der Waals surface area contributed by atoms with Crippen molar-refractivity contribution in [1.82, 2.24) is 4.90 Å². The Labute approximate surface area is 113 Å². The molecule has 1 heterocycles. The van der Waals surface area contributed by atoms with Crippen LogP contribution in [0.15, 0.2) is 0 Å². The molecule has 18 heavy (non-hydrogen) atoms. The molecule has 0 aromatic heterocycles. The van der Waals surface area contributed by atoms with Crippen LogP contribution in [-0.2, 0) is 13.3 Å². The van der Waals surface area contributed by atoms with Gasteiger partial charge in [0.25, 0.3) is 0 Å². The summed E-state index contributed by atoms with van der Waals surface area (Å²) in [4.78, 5) is 2.61. The second kappa shape index (κ2) is 8.27. The second-order valence-electron chi connectivity index (χ2n) is 4.97. The minimum Gasteiger partial charge on any atom is -0.377 e. The molecule has 1 aliphatic heterocycles. The van der Waals surface area contributed by atoms with Crippen molar-refractivity contribution in [2.45, 2.75) is 51.1 Å². The number of rotatable bonds is 8. The summed E-state index contributed by atoms with van der Waals surface area (Å²) in [6.07, 6.45) is 6.44. The van der Waals surface area contributed by atoms with Crippen LogP contribution in [0.2, 0.25) is 6.04 Å². The van der Waals surface area contributed by atoms with Crippen LogP contribution in [0.25, 0.3) is 0 Å². The Hall–Kier alpha value is 0.0569. The molecule has 0 amide bonds. The van der Waals surface area contributed by atoms with Gasteiger partial charge in [0.2, 0.25) is 0 Å². The first kappa shape index (κ1) is 16.1. The van der Waals surface area contributed by atoms with Crippen molar-refractivity contribution in [3.8, 4) is 0 Å². The molecule has 0 bridgehead atoms.